The second-order valence-electron chi connectivity index (χ2n) is 6.33. The van der Waals surface area contributed by atoms with Gasteiger partial charge in [-0.25, -0.2) is 4.39 Å². The van der Waals surface area contributed by atoms with Crippen molar-refractivity contribution in [3.05, 3.63) is 23.2 Å². The van der Waals surface area contributed by atoms with Gasteiger partial charge >= 0.3 is 5.97 Å². The zero-order valence-corrected chi connectivity index (χ0v) is 14.9. The van der Waals surface area contributed by atoms with E-state index in [0.717, 1.165) is 0 Å². The molecule has 0 spiro atoms. The molecule has 25 heavy (non-hydrogen) atoms. The molecule has 136 valence electrons. The number of amides is 1. The highest BCUT2D eigenvalue weighted by atomic mass is 32.1. The normalized spacial score (nSPS) is 27.3. The third-order valence-electron chi connectivity index (χ3n) is 4.58. The first kappa shape index (κ1) is 18.0. The smallest absolute Gasteiger partial charge is 0.313 e. The number of halogens is 1. The molecule has 2 aliphatic heterocycles. The van der Waals surface area contributed by atoms with Crippen molar-refractivity contribution in [1.82, 2.24) is 10.2 Å². The minimum absolute atomic E-state index is 0.179. The molecule has 3 aliphatic rings. The average molecular weight is 368 g/mol. The number of nitrogens with one attached hydrogen (secondary N) is 1. The van der Waals surface area contributed by atoms with Crippen LogP contribution < -0.4 is 5.32 Å². The fourth-order valence-electron chi connectivity index (χ4n) is 3.35. The monoisotopic (exact) mass is 368 g/mol. The molecule has 2 fully saturated rings. The van der Waals surface area contributed by atoms with Crippen LogP contribution >= 0.6 is 12.2 Å². The maximum atomic E-state index is 14.8. The van der Waals surface area contributed by atoms with E-state index in [2.05, 4.69) is 5.32 Å². The lowest BCUT2D eigenvalue weighted by atomic mass is 9.87. The van der Waals surface area contributed by atoms with Gasteiger partial charge in [-0.3, -0.25) is 9.59 Å². The number of carbonyl (C=O) groups is 2. The van der Waals surface area contributed by atoms with Crippen LogP contribution in [0.2, 0.25) is 0 Å². The maximum absolute atomic E-state index is 14.8. The number of hydrogen-bond acceptors (Lipinski definition) is 6. The molecule has 1 N–H and O–H groups in total. The van der Waals surface area contributed by atoms with Gasteiger partial charge in [-0.2, -0.15) is 0 Å². The number of morpholine rings is 1. The first-order chi connectivity index (χ1) is 12.0. The molecule has 2 heterocycles. The van der Waals surface area contributed by atoms with Gasteiger partial charge < -0.3 is 19.7 Å². The van der Waals surface area contributed by atoms with Crippen LogP contribution in [-0.2, 0) is 19.1 Å². The predicted molar refractivity (Wildman–Crippen MR) is 92.5 cm³/mol. The van der Waals surface area contributed by atoms with Crippen molar-refractivity contribution < 1.29 is 23.5 Å². The van der Waals surface area contributed by atoms with Crippen LogP contribution in [0.15, 0.2) is 23.2 Å². The van der Waals surface area contributed by atoms with Crippen molar-refractivity contribution in [3.63, 3.8) is 0 Å². The number of nitrogens with zero attached hydrogens (tertiary/aromatic N) is 1. The summed E-state index contributed by atoms with van der Waals surface area (Å²) in [4.78, 5) is 25.5. The molecule has 3 rings (SSSR count). The van der Waals surface area contributed by atoms with E-state index in [0.29, 0.717) is 50.4 Å². The summed E-state index contributed by atoms with van der Waals surface area (Å²) >= 11 is 5.13. The quantitative estimate of drug-likeness (QED) is 0.595. The molecule has 1 aliphatic carbocycles. The lowest BCUT2D eigenvalue weighted by Crippen LogP contribution is -2.39. The molecule has 1 amide bonds. The Hall–Kier alpha value is -1.80. The van der Waals surface area contributed by atoms with E-state index >= 15 is 0 Å². The summed E-state index contributed by atoms with van der Waals surface area (Å²) in [7, 11) is 0. The van der Waals surface area contributed by atoms with Crippen molar-refractivity contribution in [2.75, 3.05) is 32.8 Å². The molecule has 8 heteroatoms. The molecule has 0 radical (unpaired) electrons. The van der Waals surface area contributed by atoms with Gasteiger partial charge in [0.2, 0.25) is 5.91 Å². The summed E-state index contributed by atoms with van der Waals surface area (Å²) in [5.41, 5.74) is 1.05. The number of ether oxygens (including phenoxy) is 2. The standard InChI is InChI=1S/C17H21FN2O4S/c1-10(21)19-9-11-8-13(17(22)24-11)12-2-3-14(25)15(18)16(12)20-4-6-23-7-5-20/h2,11,13H,3-9H2,1H3,(H,19,21)/t11-,13?/m1/s1. The van der Waals surface area contributed by atoms with E-state index in [-0.39, 0.29) is 23.3 Å². The molecular weight excluding hydrogens is 347 g/mol. The van der Waals surface area contributed by atoms with Crippen LogP contribution in [0.5, 0.6) is 0 Å². The SMILES string of the molecule is CC(=O)NC[C@H]1CC(C2=CCC(=S)C(F)=C2N2CCOCC2)C(=O)O1. The first-order valence-corrected chi connectivity index (χ1v) is 8.79. The largest absolute Gasteiger partial charge is 0.460 e. The number of rotatable bonds is 4. The van der Waals surface area contributed by atoms with E-state index in [1.54, 1.807) is 0 Å². The van der Waals surface area contributed by atoms with Crippen LogP contribution in [0.4, 0.5) is 4.39 Å². The van der Waals surface area contributed by atoms with Gasteiger partial charge in [0.1, 0.15) is 6.10 Å². The lowest BCUT2D eigenvalue weighted by Gasteiger charge is -2.35. The van der Waals surface area contributed by atoms with Crippen molar-refractivity contribution in [2.24, 2.45) is 5.92 Å². The topological polar surface area (TPSA) is 67.9 Å². The van der Waals surface area contributed by atoms with Gasteiger partial charge in [0.15, 0.2) is 5.83 Å². The summed E-state index contributed by atoms with van der Waals surface area (Å²) in [5.74, 6) is -1.52. The number of hydrogen-bond donors (Lipinski definition) is 1. The van der Waals surface area contributed by atoms with E-state index < -0.39 is 17.8 Å². The summed E-state index contributed by atoms with van der Waals surface area (Å²) in [5, 5.41) is 2.65. The van der Waals surface area contributed by atoms with Gasteiger partial charge in [0.05, 0.1) is 36.2 Å². The number of thiocarbonyl (C=S) groups is 1. The van der Waals surface area contributed by atoms with Gasteiger partial charge in [0, 0.05) is 32.9 Å². The number of esters is 1. The second kappa shape index (κ2) is 7.61. The summed E-state index contributed by atoms with van der Waals surface area (Å²) < 4.78 is 25.5. The molecule has 6 nitrogen and oxygen atoms in total. The van der Waals surface area contributed by atoms with Crippen LogP contribution in [-0.4, -0.2) is 60.6 Å². The third kappa shape index (κ3) is 3.90. The van der Waals surface area contributed by atoms with E-state index in [4.69, 9.17) is 21.7 Å². The molecule has 0 aromatic rings. The maximum Gasteiger partial charge on any atom is 0.313 e. The fourth-order valence-corrected chi connectivity index (χ4v) is 3.53. The Kier molecular flexibility index (Phi) is 5.48. The summed E-state index contributed by atoms with van der Waals surface area (Å²) in [6.45, 7) is 3.81. The average Bonchev–Trinajstić information content (AvgIpc) is 2.97. The fraction of sp³-hybridized carbons (Fsp3) is 0.588. The van der Waals surface area contributed by atoms with Crippen LogP contribution in [0, 0.1) is 5.92 Å². The second-order valence-corrected chi connectivity index (χ2v) is 6.83. The Morgan fingerprint density at radius 1 is 1.44 bits per heavy atom. The lowest BCUT2D eigenvalue weighted by molar-refractivity contribution is -0.143. The highest BCUT2D eigenvalue weighted by Crippen LogP contribution is 2.38. The minimum Gasteiger partial charge on any atom is -0.460 e. The molecule has 1 unspecified atom stereocenters. The Labute approximate surface area is 151 Å². The van der Waals surface area contributed by atoms with E-state index in [9.17, 15) is 14.0 Å². The summed E-state index contributed by atoms with van der Waals surface area (Å²) in [6.07, 6.45) is 2.16. The zero-order valence-electron chi connectivity index (χ0n) is 14.0. The highest BCUT2D eigenvalue weighted by Gasteiger charge is 2.41. The van der Waals surface area contributed by atoms with Crippen molar-refractivity contribution >= 4 is 29.0 Å². The van der Waals surface area contributed by atoms with Crippen LogP contribution in [0.1, 0.15) is 19.8 Å². The molecular formula is C17H21FN2O4S. The Morgan fingerprint density at radius 3 is 2.84 bits per heavy atom. The van der Waals surface area contributed by atoms with Gasteiger partial charge in [0.25, 0.3) is 0 Å². The molecule has 2 saturated heterocycles. The zero-order chi connectivity index (χ0) is 18.0. The molecule has 0 aromatic heterocycles. The van der Waals surface area contributed by atoms with Crippen molar-refractivity contribution in [2.45, 2.75) is 25.9 Å². The van der Waals surface area contributed by atoms with E-state index in [1.807, 2.05) is 11.0 Å². The third-order valence-corrected chi connectivity index (χ3v) is 4.93. The Morgan fingerprint density at radius 2 is 2.16 bits per heavy atom. The van der Waals surface area contributed by atoms with Crippen molar-refractivity contribution in [3.8, 4) is 0 Å². The predicted octanol–water partition coefficient (Wildman–Crippen LogP) is 1.27. The van der Waals surface area contributed by atoms with Crippen LogP contribution in [0.25, 0.3) is 0 Å². The van der Waals surface area contributed by atoms with Gasteiger partial charge in [-0.15, -0.1) is 0 Å². The Balaban J connectivity index is 1.80. The molecule has 2 atom stereocenters. The number of allylic oxidation sites excluding steroid dienone is 3. The molecule has 0 saturated carbocycles. The van der Waals surface area contributed by atoms with Gasteiger partial charge in [-0.1, -0.05) is 18.3 Å². The van der Waals surface area contributed by atoms with Gasteiger partial charge in [-0.05, 0) is 5.57 Å². The molecule has 0 bridgehead atoms. The summed E-state index contributed by atoms with van der Waals surface area (Å²) in [6, 6.07) is 0. The Bertz CT molecular complexity index is 655. The van der Waals surface area contributed by atoms with Crippen molar-refractivity contribution in [1.29, 1.82) is 0 Å². The first-order valence-electron chi connectivity index (χ1n) is 8.38. The minimum atomic E-state index is -0.537. The van der Waals surface area contributed by atoms with Crippen LogP contribution in [0.3, 0.4) is 0 Å². The van der Waals surface area contributed by atoms with E-state index in [1.165, 1.54) is 6.92 Å². The highest BCUT2D eigenvalue weighted by molar-refractivity contribution is 7.80. The number of cyclic esters (lactones) is 1. The molecule has 0 aromatic carbocycles. The number of carbonyl (C=O) groups excluding carboxylic acids is 2.